The van der Waals surface area contributed by atoms with Gasteiger partial charge in [-0.2, -0.15) is 0 Å². The molecule has 1 heterocycles. The summed E-state index contributed by atoms with van der Waals surface area (Å²) in [4.78, 5) is 46.8. The lowest BCUT2D eigenvalue weighted by molar-refractivity contribution is -0.257. The molecule has 0 saturated carbocycles. The largest absolute Gasteiger partial charge is 0.497 e. The Morgan fingerprint density at radius 2 is 1.56 bits per heavy atom. The summed E-state index contributed by atoms with van der Waals surface area (Å²) in [5, 5.41) is 2.63. The van der Waals surface area contributed by atoms with Gasteiger partial charge in [-0.05, 0) is 12.1 Å². The number of amides is 1. The molecule has 1 fully saturated rings. The summed E-state index contributed by atoms with van der Waals surface area (Å²) in [5.41, 5.74) is 0. The first-order valence-corrected chi connectivity index (χ1v) is 9.81. The summed E-state index contributed by atoms with van der Waals surface area (Å²) in [5.74, 6) is -1.57. The third-order valence-electron chi connectivity index (χ3n) is 4.36. The molecule has 1 aromatic rings. The second-order valence-electron chi connectivity index (χ2n) is 7.02. The molecule has 1 saturated heterocycles. The molecule has 1 amide bonds. The predicted octanol–water partition coefficient (Wildman–Crippen LogP) is 0.730. The zero-order valence-corrected chi connectivity index (χ0v) is 18.5. The van der Waals surface area contributed by atoms with Crippen LogP contribution in [0.5, 0.6) is 11.5 Å². The highest BCUT2D eigenvalue weighted by Crippen LogP contribution is 2.30. The molecule has 1 aromatic carbocycles. The topological polar surface area (TPSA) is 136 Å². The number of hydrogen-bond donors (Lipinski definition) is 1. The average Bonchev–Trinajstić information content (AvgIpc) is 2.70. The van der Waals surface area contributed by atoms with Crippen LogP contribution in [0, 0.1) is 0 Å². The quantitative estimate of drug-likeness (QED) is 0.443. The zero-order chi connectivity index (χ0) is 23.8. The Balaban J connectivity index is 2.45. The highest BCUT2D eigenvalue weighted by Gasteiger charge is 2.51. The summed E-state index contributed by atoms with van der Waals surface area (Å²) >= 11 is 0. The highest BCUT2D eigenvalue weighted by atomic mass is 16.7. The Morgan fingerprint density at radius 3 is 2.12 bits per heavy atom. The van der Waals surface area contributed by atoms with Gasteiger partial charge in [-0.25, -0.2) is 0 Å². The lowest BCUT2D eigenvalue weighted by Crippen LogP contribution is -2.67. The van der Waals surface area contributed by atoms with E-state index in [0.29, 0.717) is 11.5 Å². The van der Waals surface area contributed by atoms with Crippen molar-refractivity contribution in [3.05, 3.63) is 24.3 Å². The SMILES string of the molecule is COc1cccc(O[C@@H]2O[C@H](COC(C)=O)[C@@H](OC(C)=O)[C@H](OC(C)=O)[C@@H]2NC(C)=O)c1. The first-order valence-electron chi connectivity index (χ1n) is 9.81. The number of ether oxygens (including phenoxy) is 6. The van der Waals surface area contributed by atoms with Crippen molar-refractivity contribution >= 4 is 23.8 Å². The van der Waals surface area contributed by atoms with Crippen LogP contribution in [0.1, 0.15) is 27.7 Å². The molecule has 0 radical (unpaired) electrons. The molecule has 0 aromatic heterocycles. The van der Waals surface area contributed by atoms with Crippen molar-refractivity contribution in [1.82, 2.24) is 5.32 Å². The third-order valence-corrected chi connectivity index (χ3v) is 4.36. The fourth-order valence-electron chi connectivity index (χ4n) is 3.20. The van der Waals surface area contributed by atoms with Gasteiger partial charge in [0.2, 0.25) is 12.2 Å². The summed E-state index contributed by atoms with van der Waals surface area (Å²) in [6.45, 7) is 4.50. The van der Waals surface area contributed by atoms with Crippen molar-refractivity contribution in [2.24, 2.45) is 0 Å². The van der Waals surface area contributed by atoms with Crippen molar-refractivity contribution in [1.29, 1.82) is 0 Å². The second kappa shape index (κ2) is 11.3. The molecule has 32 heavy (non-hydrogen) atoms. The smallest absolute Gasteiger partial charge is 0.303 e. The molecule has 176 valence electrons. The van der Waals surface area contributed by atoms with Crippen LogP contribution in [0.4, 0.5) is 0 Å². The Kier molecular flexibility index (Phi) is 8.82. The van der Waals surface area contributed by atoms with E-state index in [1.54, 1.807) is 24.3 Å². The predicted molar refractivity (Wildman–Crippen MR) is 108 cm³/mol. The number of rotatable bonds is 8. The lowest BCUT2D eigenvalue weighted by Gasteiger charge is -2.44. The van der Waals surface area contributed by atoms with Crippen LogP contribution in [-0.4, -0.2) is 68.2 Å². The van der Waals surface area contributed by atoms with E-state index in [9.17, 15) is 19.2 Å². The lowest BCUT2D eigenvalue weighted by atomic mass is 9.96. The maximum absolute atomic E-state index is 11.9. The average molecular weight is 453 g/mol. The van der Waals surface area contributed by atoms with Gasteiger partial charge in [0.15, 0.2) is 12.2 Å². The molecule has 0 unspecified atom stereocenters. The van der Waals surface area contributed by atoms with Gasteiger partial charge >= 0.3 is 17.9 Å². The molecule has 2 rings (SSSR count). The van der Waals surface area contributed by atoms with E-state index in [4.69, 9.17) is 28.4 Å². The second-order valence-corrected chi connectivity index (χ2v) is 7.02. The van der Waals surface area contributed by atoms with Gasteiger partial charge in [-0.3, -0.25) is 19.2 Å². The van der Waals surface area contributed by atoms with Crippen LogP contribution < -0.4 is 14.8 Å². The van der Waals surface area contributed by atoms with Crippen molar-refractivity contribution < 1.29 is 47.6 Å². The number of methoxy groups -OCH3 is 1. The summed E-state index contributed by atoms with van der Waals surface area (Å²) in [6.07, 6.45) is -4.61. The number of hydrogen-bond acceptors (Lipinski definition) is 10. The number of benzene rings is 1. The summed E-state index contributed by atoms with van der Waals surface area (Å²) in [6, 6.07) is 5.57. The summed E-state index contributed by atoms with van der Waals surface area (Å²) < 4.78 is 32.8. The molecule has 0 bridgehead atoms. The van der Waals surface area contributed by atoms with Crippen LogP contribution in [0.15, 0.2) is 24.3 Å². The fourth-order valence-corrected chi connectivity index (χ4v) is 3.20. The number of nitrogens with one attached hydrogen (secondary N) is 1. The van der Waals surface area contributed by atoms with Crippen LogP contribution >= 0.6 is 0 Å². The monoisotopic (exact) mass is 453 g/mol. The summed E-state index contributed by atoms with van der Waals surface area (Å²) in [7, 11) is 1.49. The van der Waals surface area contributed by atoms with E-state index in [1.807, 2.05) is 0 Å². The van der Waals surface area contributed by atoms with E-state index in [0.717, 1.165) is 0 Å². The molecule has 11 heteroatoms. The molecule has 1 N–H and O–H groups in total. The van der Waals surface area contributed by atoms with Crippen molar-refractivity contribution in [2.45, 2.75) is 58.3 Å². The van der Waals surface area contributed by atoms with E-state index in [2.05, 4.69) is 5.32 Å². The Hall–Kier alpha value is -3.34. The van der Waals surface area contributed by atoms with Crippen LogP contribution in [-0.2, 0) is 38.1 Å². The van der Waals surface area contributed by atoms with Gasteiger partial charge in [0.1, 0.15) is 30.3 Å². The minimum atomic E-state index is -1.19. The molecular weight excluding hydrogens is 426 g/mol. The van der Waals surface area contributed by atoms with Crippen LogP contribution in [0.2, 0.25) is 0 Å². The van der Waals surface area contributed by atoms with E-state index in [1.165, 1.54) is 34.8 Å². The molecule has 1 aliphatic heterocycles. The fraction of sp³-hybridized carbons (Fsp3) is 0.524. The first-order chi connectivity index (χ1) is 15.1. The van der Waals surface area contributed by atoms with E-state index in [-0.39, 0.29) is 6.61 Å². The molecule has 11 nitrogen and oxygen atoms in total. The van der Waals surface area contributed by atoms with Crippen molar-refractivity contribution in [3.8, 4) is 11.5 Å². The van der Waals surface area contributed by atoms with Crippen molar-refractivity contribution in [2.75, 3.05) is 13.7 Å². The van der Waals surface area contributed by atoms with Crippen LogP contribution in [0.3, 0.4) is 0 Å². The normalized spacial score (nSPS) is 24.6. The van der Waals surface area contributed by atoms with Gasteiger partial charge in [0, 0.05) is 33.8 Å². The van der Waals surface area contributed by atoms with Gasteiger partial charge in [-0.1, -0.05) is 6.07 Å². The maximum Gasteiger partial charge on any atom is 0.303 e. The first kappa shape index (κ1) is 24.9. The molecule has 0 spiro atoms. The molecular formula is C21H27NO10. The van der Waals surface area contributed by atoms with E-state index >= 15 is 0 Å². The number of carbonyl (C=O) groups excluding carboxylic acids is 4. The molecule has 5 atom stereocenters. The maximum atomic E-state index is 11.9. The van der Waals surface area contributed by atoms with Gasteiger partial charge in [0.25, 0.3) is 0 Å². The highest BCUT2D eigenvalue weighted by molar-refractivity contribution is 5.73. The number of esters is 3. The zero-order valence-electron chi connectivity index (χ0n) is 18.5. The third kappa shape index (κ3) is 7.12. The molecule has 1 aliphatic rings. The number of carbonyl (C=O) groups is 4. The van der Waals surface area contributed by atoms with E-state index < -0.39 is 54.5 Å². The Labute approximate surface area is 185 Å². The Bertz CT molecular complexity index is 842. The Morgan fingerprint density at radius 1 is 0.938 bits per heavy atom. The van der Waals surface area contributed by atoms with Crippen LogP contribution in [0.25, 0.3) is 0 Å². The minimum absolute atomic E-state index is 0.310. The standard InChI is InChI=1S/C21H27NO10/c1-11(23)22-18-20(30-14(4)26)19(29-13(3)25)17(10-28-12(2)24)32-21(18)31-16-8-6-7-15(9-16)27-5/h6-9,17-21H,10H2,1-5H3,(H,22,23)/t17-,18+,19-,20-,21-/m1/s1. The van der Waals surface area contributed by atoms with Gasteiger partial charge in [0.05, 0.1) is 7.11 Å². The minimum Gasteiger partial charge on any atom is -0.497 e. The molecule has 0 aliphatic carbocycles. The van der Waals surface area contributed by atoms with Gasteiger partial charge < -0.3 is 33.7 Å². The van der Waals surface area contributed by atoms with Crippen molar-refractivity contribution in [3.63, 3.8) is 0 Å². The van der Waals surface area contributed by atoms with Gasteiger partial charge in [-0.15, -0.1) is 0 Å².